The second-order valence-electron chi connectivity index (χ2n) is 6.91. The lowest BCUT2D eigenvalue weighted by molar-refractivity contribution is 0.201. The second-order valence-corrected chi connectivity index (χ2v) is 8.77. The normalized spacial score (nSPS) is 11.4. The molecule has 2 rings (SSSR count). The fourth-order valence-electron chi connectivity index (χ4n) is 2.56. The number of rotatable bonds is 8. The van der Waals surface area contributed by atoms with E-state index < -0.39 is 27.8 Å². The number of benzene rings is 2. The van der Waals surface area contributed by atoms with Crippen molar-refractivity contribution >= 4 is 21.8 Å². The van der Waals surface area contributed by atoms with Crippen LogP contribution in [0.2, 0.25) is 0 Å². The second kappa shape index (κ2) is 9.69. The highest BCUT2D eigenvalue weighted by Gasteiger charge is 2.17. The van der Waals surface area contributed by atoms with Gasteiger partial charge < -0.3 is 14.4 Å². The Morgan fingerprint density at radius 3 is 2.48 bits per heavy atom. The van der Waals surface area contributed by atoms with Gasteiger partial charge in [-0.25, -0.2) is 13.6 Å². The highest BCUT2D eigenvalue weighted by atomic mass is 32.2. The molecular weight excluding hydrogens is 402 g/mol. The van der Waals surface area contributed by atoms with Crippen LogP contribution in [0.3, 0.4) is 0 Å². The Morgan fingerprint density at radius 1 is 1.14 bits per heavy atom. The quantitative estimate of drug-likeness (QED) is 0.636. The van der Waals surface area contributed by atoms with Crippen molar-refractivity contribution in [2.75, 3.05) is 17.6 Å². The van der Waals surface area contributed by atoms with Gasteiger partial charge in [-0.1, -0.05) is 26.0 Å². The van der Waals surface area contributed by atoms with Crippen molar-refractivity contribution < 1.29 is 26.2 Å². The number of halogens is 2. The highest BCUT2D eigenvalue weighted by Crippen LogP contribution is 2.19. The molecule has 0 bridgehead atoms. The van der Waals surface area contributed by atoms with E-state index in [4.69, 9.17) is 4.18 Å². The smallest absolute Gasteiger partial charge is 0.322 e. The number of hydrogen-bond donors (Lipinski definition) is 1. The number of hydrogen-bond acceptors (Lipinski definition) is 4. The van der Waals surface area contributed by atoms with E-state index >= 15 is 0 Å². The van der Waals surface area contributed by atoms with Gasteiger partial charge in [0.15, 0.2) is 11.6 Å². The average molecular weight is 426 g/mol. The first kappa shape index (κ1) is 22.6. The fraction of sp³-hybridized carbons (Fsp3) is 0.350. The van der Waals surface area contributed by atoms with Gasteiger partial charge in [-0.2, -0.15) is 8.42 Å². The molecule has 9 heteroatoms. The highest BCUT2D eigenvalue weighted by molar-refractivity contribution is 7.87. The molecule has 0 saturated heterocycles. The van der Waals surface area contributed by atoms with Crippen LogP contribution in [0.15, 0.2) is 42.5 Å². The third-order valence-corrected chi connectivity index (χ3v) is 5.05. The molecule has 0 saturated carbocycles. The molecule has 0 aliphatic rings. The molecule has 0 aromatic heterocycles. The van der Waals surface area contributed by atoms with Crippen molar-refractivity contribution in [3.63, 3.8) is 0 Å². The number of anilines is 1. The van der Waals surface area contributed by atoms with Crippen molar-refractivity contribution in [2.24, 2.45) is 5.92 Å². The Hall–Kier alpha value is -2.68. The molecule has 0 radical (unpaired) electrons. The van der Waals surface area contributed by atoms with E-state index in [1.54, 1.807) is 18.2 Å². The van der Waals surface area contributed by atoms with Gasteiger partial charge in [0, 0.05) is 24.8 Å². The van der Waals surface area contributed by atoms with Crippen LogP contribution in [0, 0.1) is 17.6 Å². The predicted molar refractivity (Wildman–Crippen MR) is 107 cm³/mol. The van der Waals surface area contributed by atoms with Crippen LogP contribution in [0.4, 0.5) is 19.3 Å². The van der Waals surface area contributed by atoms with Crippen LogP contribution in [-0.2, 0) is 16.7 Å². The molecular formula is C20H24F2N2O4S. The molecule has 0 aliphatic heterocycles. The summed E-state index contributed by atoms with van der Waals surface area (Å²) in [5.41, 5.74) is 0.795. The third kappa shape index (κ3) is 7.01. The molecule has 2 aromatic carbocycles. The van der Waals surface area contributed by atoms with Crippen molar-refractivity contribution in [1.82, 2.24) is 4.90 Å². The van der Waals surface area contributed by atoms with Gasteiger partial charge in [0.25, 0.3) is 0 Å². The molecule has 0 spiro atoms. The van der Waals surface area contributed by atoms with E-state index in [2.05, 4.69) is 5.32 Å². The van der Waals surface area contributed by atoms with Crippen LogP contribution in [0.25, 0.3) is 0 Å². The minimum absolute atomic E-state index is 0.133. The van der Waals surface area contributed by atoms with Gasteiger partial charge in [-0.15, -0.1) is 0 Å². The summed E-state index contributed by atoms with van der Waals surface area (Å²) in [5, 5.41) is 2.55. The molecule has 2 aromatic rings. The largest absolute Gasteiger partial charge is 0.382 e. The number of carbonyl (C=O) groups excluding carboxylic acids is 1. The maximum Gasteiger partial charge on any atom is 0.322 e. The zero-order chi connectivity index (χ0) is 21.6. The van der Waals surface area contributed by atoms with Crippen molar-refractivity contribution in [3.05, 3.63) is 59.7 Å². The Morgan fingerprint density at radius 2 is 1.86 bits per heavy atom. The van der Waals surface area contributed by atoms with Crippen LogP contribution in [-0.4, -0.2) is 31.6 Å². The van der Waals surface area contributed by atoms with Crippen molar-refractivity contribution in [1.29, 1.82) is 0 Å². The molecule has 29 heavy (non-hydrogen) atoms. The first-order valence-corrected chi connectivity index (χ1v) is 10.7. The predicted octanol–water partition coefficient (Wildman–Crippen LogP) is 4.38. The van der Waals surface area contributed by atoms with Crippen molar-refractivity contribution in [3.8, 4) is 5.75 Å². The molecule has 1 N–H and O–H groups in total. The lowest BCUT2D eigenvalue weighted by Crippen LogP contribution is -2.37. The minimum Gasteiger partial charge on any atom is -0.382 e. The van der Waals surface area contributed by atoms with Crippen molar-refractivity contribution in [2.45, 2.75) is 27.3 Å². The SMILES string of the molecule is CCS(=O)(=O)Oc1cccc(CN(CC(C)C)C(=O)Nc2ccc(F)c(F)c2)c1. The van der Waals surface area contributed by atoms with Crippen LogP contribution in [0.1, 0.15) is 26.3 Å². The summed E-state index contributed by atoms with van der Waals surface area (Å²) in [6, 6.07) is 9.07. The Labute approximate surface area is 169 Å². The molecule has 0 fully saturated rings. The van der Waals surface area contributed by atoms with E-state index in [1.165, 1.54) is 24.0 Å². The van der Waals surface area contributed by atoms with Gasteiger partial charge in [0.05, 0.1) is 5.75 Å². The van der Waals surface area contributed by atoms with E-state index in [0.29, 0.717) is 12.1 Å². The molecule has 0 atom stereocenters. The summed E-state index contributed by atoms with van der Waals surface area (Å²) >= 11 is 0. The molecule has 0 heterocycles. The topological polar surface area (TPSA) is 75.7 Å². The number of urea groups is 1. The Bertz CT molecular complexity index is 965. The van der Waals surface area contributed by atoms with Crippen LogP contribution >= 0.6 is 0 Å². The molecule has 0 unspecified atom stereocenters. The number of carbonyl (C=O) groups is 1. The third-order valence-electron chi connectivity index (χ3n) is 3.89. The Kier molecular flexibility index (Phi) is 7.55. The summed E-state index contributed by atoms with van der Waals surface area (Å²) in [5.74, 6) is -1.91. The summed E-state index contributed by atoms with van der Waals surface area (Å²) in [4.78, 5) is 14.2. The molecule has 6 nitrogen and oxygen atoms in total. The number of nitrogens with one attached hydrogen (secondary N) is 1. The monoisotopic (exact) mass is 426 g/mol. The average Bonchev–Trinajstić information content (AvgIpc) is 2.64. The lowest BCUT2D eigenvalue weighted by Gasteiger charge is -2.25. The van der Waals surface area contributed by atoms with Gasteiger partial charge in [0.1, 0.15) is 5.75 Å². The zero-order valence-corrected chi connectivity index (χ0v) is 17.3. The van der Waals surface area contributed by atoms with Crippen LogP contribution < -0.4 is 9.50 Å². The number of amides is 2. The molecule has 2 amide bonds. The lowest BCUT2D eigenvalue weighted by atomic mass is 10.1. The Balaban J connectivity index is 2.17. The van der Waals surface area contributed by atoms with Crippen LogP contribution in [0.5, 0.6) is 5.75 Å². The molecule has 0 aliphatic carbocycles. The maximum absolute atomic E-state index is 13.4. The van der Waals surface area contributed by atoms with E-state index in [-0.39, 0.29) is 29.7 Å². The first-order chi connectivity index (χ1) is 13.6. The fourth-order valence-corrected chi connectivity index (χ4v) is 3.07. The van der Waals surface area contributed by atoms with E-state index in [1.807, 2.05) is 13.8 Å². The van der Waals surface area contributed by atoms with Gasteiger partial charge >= 0.3 is 16.1 Å². The van der Waals surface area contributed by atoms with Gasteiger partial charge in [-0.3, -0.25) is 0 Å². The standard InChI is InChI=1S/C20H24F2N2O4S/c1-4-29(26,27)28-17-7-5-6-15(10-17)13-24(12-14(2)3)20(25)23-16-8-9-18(21)19(22)11-16/h5-11,14H,4,12-13H2,1-3H3,(H,23,25). The summed E-state index contributed by atoms with van der Waals surface area (Å²) in [6.45, 7) is 5.92. The molecule has 158 valence electrons. The summed E-state index contributed by atoms with van der Waals surface area (Å²) in [7, 11) is -3.66. The van der Waals surface area contributed by atoms with E-state index in [9.17, 15) is 22.0 Å². The van der Waals surface area contributed by atoms with Gasteiger partial charge in [-0.05, 0) is 42.7 Å². The zero-order valence-electron chi connectivity index (χ0n) is 16.5. The van der Waals surface area contributed by atoms with E-state index in [0.717, 1.165) is 12.1 Å². The van der Waals surface area contributed by atoms with Gasteiger partial charge in [0.2, 0.25) is 0 Å². The maximum atomic E-state index is 13.4. The summed E-state index contributed by atoms with van der Waals surface area (Å²) in [6.07, 6.45) is 0. The first-order valence-electron chi connectivity index (χ1n) is 9.11. The minimum atomic E-state index is -3.66. The number of nitrogens with zero attached hydrogens (tertiary/aromatic N) is 1. The summed E-state index contributed by atoms with van der Waals surface area (Å²) < 4.78 is 54.8.